The highest BCUT2D eigenvalue weighted by Crippen LogP contribution is 2.37. The molecule has 0 aliphatic carbocycles. The van der Waals surface area contributed by atoms with Gasteiger partial charge in [-0.05, 0) is 30.6 Å². The van der Waals surface area contributed by atoms with E-state index in [1.807, 2.05) is 0 Å². The van der Waals surface area contributed by atoms with E-state index in [1.54, 1.807) is 0 Å². The molecule has 0 amide bonds. The van der Waals surface area contributed by atoms with Crippen molar-refractivity contribution < 1.29 is 39.6 Å². The number of rotatable bonds is 9. The zero-order chi connectivity index (χ0) is 29.5. The minimum atomic E-state index is -5.20. The Bertz CT molecular complexity index is 1290. The van der Waals surface area contributed by atoms with Crippen molar-refractivity contribution in [1.29, 1.82) is 1.43 Å². The molecule has 8 heteroatoms. The number of carboxylic acid groups (broad SMARTS) is 1. The number of carboxylic acids is 1. The maximum atomic E-state index is 12.8. The molecule has 25 heavy (non-hydrogen) atoms. The first-order valence-electron chi connectivity index (χ1n) is 12.8. The van der Waals surface area contributed by atoms with Gasteiger partial charge < -0.3 is 15.2 Å². The van der Waals surface area contributed by atoms with Crippen LogP contribution in [-0.4, -0.2) is 26.0 Å². The van der Waals surface area contributed by atoms with Gasteiger partial charge in [0.15, 0.2) is 7.16 Å². The van der Waals surface area contributed by atoms with Crippen LogP contribution in [0.2, 0.25) is 4.24 Å². The lowest BCUT2D eigenvalue weighted by molar-refractivity contribution is 0.0696. The van der Waals surface area contributed by atoms with Crippen molar-refractivity contribution in [2.45, 2.75) is 24.5 Å². The number of ether oxygens (including phenoxy) is 1. The minimum Gasteiger partial charge on any atom is -0.478 e. The summed E-state index contributed by atoms with van der Waals surface area (Å²) in [5.74, 6) is -2.70. The SMILES string of the molecule is [2H]OC(=O)c1cc(N([2H])C([2H])([2H])C([2H])([2H])C([2H])([2H])C([2H])([2H])[2H])c(Oc2ccccc2)c(S(=O)(=O)N([2H])[2H])c1. The van der Waals surface area contributed by atoms with Gasteiger partial charge >= 0.3 is 5.97 Å². The van der Waals surface area contributed by atoms with E-state index in [4.69, 9.17) is 22.7 Å². The molecule has 4 N–H and O–H groups in total. The van der Waals surface area contributed by atoms with Crippen LogP contribution in [0.1, 0.15) is 42.3 Å². The largest absolute Gasteiger partial charge is 0.478 e. The summed E-state index contributed by atoms with van der Waals surface area (Å²) in [4.78, 5) is 10.9. The Labute approximate surface area is 165 Å². The van der Waals surface area contributed by atoms with Gasteiger partial charge in [0.25, 0.3) is 1.43 Å². The third-order valence-electron chi connectivity index (χ3n) is 2.81. The van der Waals surface area contributed by atoms with Crippen LogP contribution < -0.4 is 15.2 Å². The molecular formula is C17H20N2O5S. The number of aromatic carboxylic acids is 1. The van der Waals surface area contributed by atoms with Crippen LogP contribution in [-0.2, 0) is 10.0 Å². The molecule has 0 saturated carbocycles. The van der Waals surface area contributed by atoms with Crippen molar-refractivity contribution in [2.24, 2.45) is 5.13 Å². The molecule has 2 aromatic rings. The van der Waals surface area contributed by atoms with Crippen LogP contribution in [0, 0.1) is 0 Å². The van der Waals surface area contributed by atoms with Crippen LogP contribution in [0.15, 0.2) is 47.4 Å². The smallest absolute Gasteiger partial charge is 0.335 e. The molecule has 2 rings (SSSR count). The quantitative estimate of drug-likeness (QED) is 0.618. The van der Waals surface area contributed by atoms with Crippen molar-refractivity contribution in [3.8, 4) is 11.5 Å². The van der Waals surface area contributed by atoms with Crippen LogP contribution in [0.3, 0.4) is 0 Å². The average Bonchev–Trinajstić information content (AvgIpc) is 2.82. The Hall–Kier alpha value is -2.58. The number of anilines is 1. The number of hydrogen-bond donors (Lipinski definition) is 3. The van der Waals surface area contributed by atoms with Gasteiger partial charge in [0.2, 0.25) is 10.0 Å². The molecule has 0 unspecified atom stereocenters. The zero-order valence-electron chi connectivity index (χ0n) is 25.4. The van der Waals surface area contributed by atoms with Gasteiger partial charge in [-0.25, -0.2) is 18.3 Å². The van der Waals surface area contributed by atoms with E-state index in [-0.39, 0.29) is 5.75 Å². The normalized spacial score (nSPS) is 20.9. The molecular weight excluding hydrogens is 344 g/mol. The van der Waals surface area contributed by atoms with Gasteiger partial charge in [0.05, 0.1) is 11.3 Å². The summed E-state index contributed by atoms with van der Waals surface area (Å²) < 4.78 is 131. The van der Waals surface area contributed by atoms with Crippen LogP contribution in [0.25, 0.3) is 1.43 Å². The first kappa shape index (κ1) is 7.76. The second-order valence-corrected chi connectivity index (χ2v) is 5.86. The summed E-state index contributed by atoms with van der Waals surface area (Å²) in [5, 5.41) is 2.56. The summed E-state index contributed by atoms with van der Waals surface area (Å²) in [6.45, 7) is -7.64. The monoisotopic (exact) mass is 377 g/mol. The fraction of sp³-hybridized carbons (Fsp3) is 0.235. The second-order valence-electron chi connectivity index (χ2n) is 4.47. The molecule has 0 heterocycles. The molecule has 7 nitrogen and oxygen atoms in total. The first-order valence-corrected chi connectivity index (χ1v) is 7.99. The number of nitrogens with one attached hydrogen (secondary N) is 1. The van der Waals surface area contributed by atoms with Crippen molar-refractivity contribution in [3.63, 3.8) is 0 Å². The lowest BCUT2D eigenvalue weighted by atomic mass is 10.1. The molecule has 0 aromatic heterocycles. The Morgan fingerprint density at radius 1 is 1.48 bits per heavy atom. The lowest BCUT2D eigenvalue weighted by Crippen LogP contribution is -2.16. The van der Waals surface area contributed by atoms with Gasteiger partial charge in [0.1, 0.15) is 13.5 Å². The van der Waals surface area contributed by atoms with E-state index >= 15 is 0 Å². The highest BCUT2D eigenvalue weighted by molar-refractivity contribution is 7.89. The number of carbonyl (C=O) groups is 1. The van der Waals surface area contributed by atoms with E-state index in [9.17, 15) is 13.2 Å². The number of para-hydroxylation sites is 1. The van der Waals surface area contributed by atoms with Gasteiger partial charge in [0, 0.05) is 18.8 Å². The third-order valence-corrected chi connectivity index (χ3v) is 3.67. The molecule has 0 saturated heterocycles. The number of primary sulfonamides is 1. The Morgan fingerprint density at radius 2 is 2.28 bits per heavy atom. The summed E-state index contributed by atoms with van der Waals surface area (Å²) in [6, 6.07) is 8.01. The molecule has 0 radical (unpaired) electrons. The lowest BCUT2D eigenvalue weighted by Gasteiger charge is -2.17. The van der Waals surface area contributed by atoms with Crippen LogP contribution >= 0.6 is 0 Å². The minimum absolute atomic E-state index is 0.141. The molecule has 0 atom stereocenters. The maximum Gasteiger partial charge on any atom is 0.335 e. The Kier molecular flexibility index (Phi) is 2.48. The number of hydrogen-bond acceptors (Lipinski definition) is 6. The highest BCUT2D eigenvalue weighted by atomic mass is 32.2. The number of sulfonamides is 1. The predicted octanol–water partition coefficient (Wildman–Crippen LogP) is 3.04. The van der Waals surface area contributed by atoms with Crippen LogP contribution in [0.4, 0.5) is 5.69 Å². The number of nitrogens with two attached hydrogens (primary N) is 1. The zero-order valence-corrected chi connectivity index (χ0v) is 13.2. The van der Waals surface area contributed by atoms with Gasteiger partial charge in [-0.2, -0.15) is 0 Å². The summed E-state index contributed by atoms with van der Waals surface area (Å²) in [6.07, 6.45) is -7.91. The molecule has 2 aromatic carbocycles. The molecule has 0 aliphatic heterocycles. The van der Waals surface area contributed by atoms with Crippen molar-refractivity contribution >= 4 is 21.7 Å². The van der Waals surface area contributed by atoms with Crippen molar-refractivity contribution in [2.75, 3.05) is 11.8 Å². The topological polar surface area (TPSA) is 119 Å². The maximum absolute atomic E-state index is 12.8. The van der Waals surface area contributed by atoms with Gasteiger partial charge in [-0.1, -0.05) is 31.4 Å². The van der Waals surface area contributed by atoms with E-state index < -0.39 is 74.4 Å². The second kappa shape index (κ2) is 8.00. The fourth-order valence-electron chi connectivity index (χ4n) is 1.81. The fourth-order valence-corrected chi connectivity index (χ4v) is 2.46. The van der Waals surface area contributed by atoms with Gasteiger partial charge in [-0.15, -0.1) is 0 Å². The van der Waals surface area contributed by atoms with E-state index in [1.165, 1.54) is 30.3 Å². The van der Waals surface area contributed by atoms with Crippen LogP contribution in [0.5, 0.6) is 11.5 Å². The van der Waals surface area contributed by atoms with E-state index in [2.05, 4.69) is 5.11 Å². The Balaban J connectivity index is 2.98. The summed E-state index contributed by atoms with van der Waals surface area (Å²) in [7, 11) is -5.20. The highest BCUT2D eigenvalue weighted by Gasteiger charge is 2.23. The van der Waals surface area contributed by atoms with Crippen molar-refractivity contribution in [3.05, 3.63) is 48.0 Å². The van der Waals surface area contributed by atoms with E-state index in [0.717, 1.165) is 0 Å². The average molecular weight is 378 g/mol. The first-order chi connectivity index (χ1) is 17.1. The molecule has 0 spiro atoms. The van der Waals surface area contributed by atoms with E-state index in [0.29, 0.717) is 12.1 Å². The summed E-state index contributed by atoms with van der Waals surface area (Å²) >= 11 is 0. The Morgan fingerprint density at radius 3 is 2.96 bits per heavy atom. The molecule has 0 bridgehead atoms. The molecule has 134 valence electrons. The predicted molar refractivity (Wildman–Crippen MR) is 94.7 cm³/mol. The third kappa shape index (κ3) is 4.94. The molecule has 0 fully saturated rings. The van der Waals surface area contributed by atoms with Gasteiger partial charge in [-0.3, -0.25) is 0 Å². The standard InChI is InChI=1S/C17H20N2O5S/c1-2-3-9-19-14-10-12(17(20)21)11-15(25(18,22)23)16(14)24-13-7-5-4-6-8-13/h4-8,10-11,19H,2-3,9H2,1H3,(H,20,21)(H2,18,22,23)/i1D3,2D2,3D2,9D2/hD4. The molecule has 0 aliphatic rings. The number of benzene rings is 2. The van der Waals surface area contributed by atoms with Crippen molar-refractivity contribution in [1.82, 2.24) is 0 Å². The summed E-state index contributed by atoms with van der Waals surface area (Å²) in [5.41, 5.74) is -1.92.